The van der Waals surface area contributed by atoms with Crippen molar-refractivity contribution >= 4 is 11.9 Å². The van der Waals surface area contributed by atoms with E-state index in [0.29, 0.717) is 57.5 Å². The van der Waals surface area contributed by atoms with E-state index in [1.54, 1.807) is 0 Å². The number of rotatable bonds is 5. The number of nitrogens with two attached hydrogens (primary N) is 1. The number of hydrogen-bond donors (Lipinski definition) is 9. The van der Waals surface area contributed by atoms with Crippen molar-refractivity contribution in [2.45, 2.75) is 57.3 Å². The topological polar surface area (TPSA) is 165 Å². The summed E-state index contributed by atoms with van der Waals surface area (Å²) < 4.78 is 0. The van der Waals surface area contributed by atoms with Gasteiger partial charge in [-0.2, -0.15) is 0 Å². The van der Waals surface area contributed by atoms with Gasteiger partial charge in [0.1, 0.15) is 0 Å². The smallest absolute Gasteiger partial charge is 0.303 e. The lowest BCUT2D eigenvalue weighted by Gasteiger charge is -2.39. The van der Waals surface area contributed by atoms with E-state index in [1.165, 1.54) is 0 Å². The SMILES string of the molecule is CC1CNCC2(N)CNCC(C)CNCC(NC(=O)CCCC(=O)O)(CNC1)CNC[C@@H](C)N2. The molecular formula is C23H48N8O3. The van der Waals surface area contributed by atoms with Crippen LogP contribution in [0.4, 0.5) is 0 Å². The summed E-state index contributed by atoms with van der Waals surface area (Å²) in [5.74, 6) is -0.231. The third kappa shape index (κ3) is 10.9. The Morgan fingerprint density at radius 3 is 1.79 bits per heavy atom. The molecule has 0 aromatic rings. The fourth-order valence-corrected chi connectivity index (χ4v) is 4.66. The zero-order chi connectivity index (χ0) is 25.0. The fraction of sp³-hybridized carbons (Fsp3) is 0.913. The van der Waals surface area contributed by atoms with Crippen molar-refractivity contribution in [3.63, 3.8) is 0 Å². The molecule has 2 aliphatic rings. The number of aliphatic carboxylic acids is 1. The number of hydrogen-bond acceptors (Lipinski definition) is 9. The van der Waals surface area contributed by atoms with Gasteiger partial charge in [-0.05, 0) is 51.4 Å². The minimum Gasteiger partial charge on any atom is -0.481 e. The predicted molar refractivity (Wildman–Crippen MR) is 135 cm³/mol. The van der Waals surface area contributed by atoms with E-state index in [1.807, 2.05) is 0 Å². The van der Waals surface area contributed by atoms with Gasteiger partial charge in [0.2, 0.25) is 5.91 Å². The summed E-state index contributed by atoms with van der Waals surface area (Å²) in [6, 6.07) is 0.124. The Labute approximate surface area is 204 Å². The molecule has 11 nitrogen and oxygen atoms in total. The van der Waals surface area contributed by atoms with E-state index in [4.69, 9.17) is 10.8 Å². The Morgan fingerprint density at radius 2 is 1.29 bits per heavy atom. The summed E-state index contributed by atoms with van der Waals surface area (Å²) in [5.41, 5.74) is 5.65. The molecule has 0 aromatic heterocycles. The summed E-state index contributed by atoms with van der Waals surface area (Å²) in [6.45, 7) is 13.6. The maximum absolute atomic E-state index is 12.8. The molecule has 11 heteroatoms. The number of carbonyl (C=O) groups excluding carboxylic acids is 1. The van der Waals surface area contributed by atoms with E-state index in [0.717, 1.165) is 26.2 Å². The minimum atomic E-state index is -0.880. The molecule has 0 radical (unpaired) electrons. The first-order valence-corrected chi connectivity index (χ1v) is 12.7. The fourth-order valence-electron chi connectivity index (χ4n) is 4.66. The van der Waals surface area contributed by atoms with Crippen LogP contribution in [0.3, 0.4) is 0 Å². The van der Waals surface area contributed by atoms with Gasteiger partial charge in [-0.1, -0.05) is 13.8 Å². The minimum absolute atomic E-state index is 0.00573. The van der Waals surface area contributed by atoms with Crippen LogP contribution in [0.5, 0.6) is 0 Å². The molecule has 0 saturated carbocycles. The molecule has 2 heterocycles. The summed E-state index contributed by atoms with van der Waals surface area (Å²) in [7, 11) is 0. The second-order valence-electron chi connectivity index (χ2n) is 10.6. The standard InChI is InChI=1S/C23H48N8O3/c1-17-7-25-12-22(31-20(32)5-4-6-21(33)34)13-26-8-18(2)10-28-16-23(24,15-27-9-17)30-19(3)11-29-14-22/h17-19,25-30H,4-16,24H2,1-3H3,(H,31,32)(H,33,34)/t17?,18?,19-,22?,23?/m1/s1. The van der Waals surface area contributed by atoms with E-state index in [9.17, 15) is 9.59 Å². The number of amides is 1. The maximum atomic E-state index is 12.8. The zero-order valence-electron chi connectivity index (χ0n) is 21.3. The quantitative estimate of drug-likeness (QED) is 0.213. The van der Waals surface area contributed by atoms with Gasteiger partial charge in [-0.3, -0.25) is 14.9 Å². The van der Waals surface area contributed by atoms with Crippen LogP contribution in [0.15, 0.2) is 0 Å². The highest BCUT2D eigenvalue weighted by Crippen LogP contribution is 2.08. The molecule has 3 atom stereocenters. The summed E-state index contributed by atoms with van der Waals surface area (Å²) >= 11 is 0. The average molecular weight is 485 g/mol. The maximum Gasteiger partial charge on any atom is 0.303 e. The van der Waals surface area contributed by atoms with E-state index < -0.39 is 17.2 Å². The van der Waals surface area contributed by atoms with Crippen molar-refractivity contribution in [1.82, 2.24) is 37.2 Å². The molecule has 2 saturated heterocycles. The van der Waals surface area contributed by atoms with E-state index >= 15 is 0 Å². The number of carboxylic acid groups (broad SMARTS) is 1. The van der Waals surface area contributed by atoms with Gasteiger partial charge in [0, 0.05) is 58.2 Å². The molecular weight excluding hydrogens is 436 g/mol. The lowest BCUT2D eigenvalue weighted by molar-refractivity contribution is -0.137. The third-order valence-corrected chi connectivity index (χ3v) is 6.43. The molecule has 2 aliphatic heterocycles. The van der Waals surface area contributed by atoms with Crippen LogP contribution in [-0.4, -0.2) is 99.7 Å². The van der Waals surface area contributed by atoms with Gasteiger partial charge >= 0.3 is 5.97 Å². The van der Waals surface area contributed by atoms with E-state index in [-0.39, 0.29) is 24.8 Å². The van der Waals surface area contributed by atoms with Gasteiger partial charge in [0.25, 0.3) is 0 Å². The Kier molecular flexibility index (Phi) is 12.1. The van der Waals surface area contributed by atoms with Crippen LogP contribution in [0.1, 0.15) is 40.0 Å². The largest absolute Gasteiger partial charge is 0.481 e. The van der Waals surface area contributed by atoms with Crippen molar-refractivity contribution < 1.29 is 14.7 Å². The summed E-state index contributed by atoms with van der Waals surface area (Å²) in [4.78, 5) is 23.7. The first-order chi connectivity index (χ1) is 16.1. The molecule has 10 N–H and O–H groups in total. The highest BCUT2D eigenvalue weighted by atomic mass is 16.4. The Bertz CT molecular complexity index is 613. The molecule has 2 fully saturated rings. The van der Waals surface area contributed by atoms with Crippen LogP contribution in [0.2, 0.25) is 0 Å². The number of nitrogens with one attached hydrogen (secondary N) is 7. The van der Waals surface area contributed by atoms with Gasteiger partial charge in [0.05, 0.1) is 11.2 Å². The highest BCUT2D eigenvalue weighted by Gasteiger charge is 2.33. The van der Waals surface area contributed by atoms with E-state index in [2.05, 4.69) is 58.0 Å². The average Bonchev–Trinajstić information content (AvgIpc) is 2.72. The van der Waals surface area contributed by atoms with Crippen LogP contribution in [0.25, 0.3) is 0 Å². The monoisotopic (exact) mass is 484 g/mol. The van der Waals surface area contributed by atoms with Crippen molar-refractivity contribution in [2.24, 2.45) is 17.6 Å². The molecule has 2 bridgehead atoms. The summed E-state index contributed by atoms with van der Waals surface area (Å²) in [5, 5.41) is 33.5. The zero-order valence-corrected chi connectivity index (χ0v) is 21.3. The molecule has 198 valence electrons. The first-order valence-electron chi connectivity index (χ1n) is 12.7. The van der Waals surface area contributed by atoms with Gasteiger partial charge in [0.15, 0.2) is 0 Å². The molecule has 2 unspecified atom stereocenters. The van der Waals surface area contributed by atoms with Crippen LogP contribution >= 0.6 is 0 Å². The Morgan fingerprint density at radius 1 is 0.824 bits per heavy atom. The second-order valence-corrected chi connectivity index (χ2v) is 10.6. The normalized spacial score (nSPS) is 35.0. The van der Waals surface area contributed by atoms with Gasteiger partial charge in [-0.15, -0.1) is 0 Å². The van der Waals surface area contributed by atoms with Crippen molar-refractivity contribution in [2.75, 3.05) is 65.4 Å². The van der Waals surface area contributed by atoms with Crippen LogP contribution < -0.4 is 43.0 Å². The molecule has 34 heavy (non-hydrogen) atoms. The third-order valence-electron chi connectivity index (χ3n) is 6.43. The van der Waals surface area contributed by atoms with Crippen LogP contribution in [-0.2, 0) is 9.59 Å². The van der Waals surface area contributed by atoms with Crippen molar-refractivity contribution in [3.05, 3.63) is 0 Å². The van der Waals surface area contributed by atoms with Gasteiger partial charge < -0.3 is 42.7 Å². The first kappa shape index (κ1) is 28.9. The lowest BCUT2D eigenvalue weighted by Crippen LogP contribution is -2.70. The number of carbonyl (C=O) groups is 2. The molecule has 0 aromatic carbocycles. The Hall–Kier alpha value is -1.34. The Balaban J connectivity index is 2.23. The van der Waals surface area contributed by atoms with Crippen molar-refractivity contribution in [1.29, 1.82) is 0 Å². The summed E-state index contributed by atoms with van der Waals surface area (Å²) in [6.07, 6.45) is 0.521. The highest BCUT2D eigenvalue weighted by molar-refractivity contribution is 5.77. The molecule has 1 amide bonds. The lowest BCUT2D eigenvalue weighted by atomic mass is 9.96. The van der Waals surface area contributed by atoms with Crippen LogP contribution in [0, 0.1) is 11.8 Å². The molecule has 2 rings (SSSR count). The number of fused-ring (bicyclic) bond motifs is 6. The molecule has 0 aliphatic carbocycles. The van der Waals surface area contributed by atoms with Gasteiger partial charge in [-0.25, -0.2) is 0 Å². The second kappa shape index (κ2) is 14.3. The van der Waals surface area contributed by atoms with Crippen molar-refractivity contribution in [3.8, 4) is 0 Å². The molecule has 0 spiro atoms. The number of carboxylic acids is 1. The predicted octanol–water partition coefficient (Wildman–Crippen LogP) is -2.02.